The Kier molecular flexibility index (Phi) is 6.56. The Bertz CT molecular complexity index is 624. The number of nitrogens with two attached hydrogens (primary N) is 1. The van der Waals surface area contributed by atoms with E-state index in [4.69, 9.17) is 10.8 Å². The Balaban J connectivity index is 1.86. The van der Waals surface area contributed by atoms with Crippen molar-refractivity contribution in [1.82, 2.24) is 9.80 Å². The molecule has 1 aromatic rings. The molecule has 6 heteroatoms. The van der Waals surface area contributed by atoms with Crippen molar-refractivity contribution in [3.8, 4) is 0 Å². The van der Waals surface area contributed by atoms with Gasteiger partial charge in [0.2, 0.25) is 5.91 Å². The van der Waals surface area contributed by atoms with E-state index in [2.05, 4.69) is 43.9 Å². The summed E-state index contributed by atoms with van der Waals surface area (Å²) in [5, 5.41) is 8.79. The predicted molar refractivity (Wildman–Crippen MR) is 97.3 cm³/mol. The monoisotopic (exact) mass is 347 g/mol. The minimum absolute atomic E-state index is 0.00415. The van der Waals surface area contributed by atoms with Gasteiger partial charge in [-0.2, -0.15) is 0 Å². The van der Waals surface area contributed by atoms with Crippen LogP contribution >= 0.6 is 0 Å². The minimum Gasteiger partial charge on any atom is -0.480 e. The lowest BCUT2D eigenvalue weighted by atomic mass is 9.98. The summed E-state index contributed by atoms with van der Waals surface area (Å²) in [6, 6.07) is 5.90. The molecule has 6 nitrogen and oxygen atoms in total. The largest absolute Gasteiger partial charge is 0.480 e. The molecule has 0 bridgehead atoms. The predicted octanol–water partition coefficient (Wildman–Crippen LogP) is 1.70. The van der Waals surface area contributed by atoms with Crippen LogP contribution in [-0.4, -0.2) is 59.0 Å². The molecule has 3 N–H and O–H groups in total. The molecule has 2 atom stereocenters. The number of piperazine rings is 1. The van der Waals surface area contributed by atoms with Crippen LogP contribution in [0, 0.1) is 13.8 Å². The smallest absolute Gasteiger partial charge is 0.320 e. The topological polar surface area (TPSA) is 86.9 Å². The third-order valence-electron chi connectivity index (χ3n) is 5.08. The number of aryl methyl sites for hydroxylation is 2. The summed E-state index contributed by atoms with van der Waals surface area (Å²) in [5.41, 5.74) is 9.36. The second-order valence-corrected chi connectivity index (χ2v) is 6.94. The molecule has 1 saturated heterocycles. The van der Waals surface area contributed by atoms with Gasteiger partial charge in [0.25, 0.3) is 0 Å². The number of carboxylic acids is 1. The summed E-state index contributed by atoms with van der Waals surface area (Å²) < 4.78 is 0. The fourth-order valence-electron chi connectivity index (χ4n) is 3.41. The molecule has 1 amide bonds. The van der Waals surface area contributed by atoms with Gasteiger partial charge >= 0.3 is 5.97 Å². The molecule has 1 aliphatic heterocycles. The third kappa shape index (κ3) is 5.03. The number of carboxylic acid groups (broad SMARTS) is 1. The average Bonchev–Trinajstić information content (AvgIpc) is 2.58. The summed E-state index contributed by atoms with van der Waals surface area (Å²) in [4.78, 5) is 27.2. The van der Waals surface area contributed by atoms with E-state index < -0.39 is 12.0 Å². The van der Waals surface area contributed by atoms with E-state index in [1.807, 2.05) is 4.90 Å². The number of nitrogens with zero attached hydrogens (tertiary/aromatic N) is 2. The fraction of sp³-hybridized carbons (Fsp3) is 0.579. The van der Waals surface area contributed by atoms with E-state index in [1.54, 1.807) is 0 Å². The Morgan fingerprint density at radius 3 is 2.40 bits per heavy atom. The van der Waals surface area contributed by atoms with Crippen molar-refractivity contribution in [3.63, 3.8) is 0 Å². The van der Waals surface area contributed by atoms with Gasteiger partial charge in [0.1, 0.15) is 6.04 Å². The van der Waals surface area contributed by atoms with Gasteiger partial charge in [-0.3, -0.25) is 14.5 Å². The molecule has 1 heterocycles. The number of carbonyl (C=O) groups is 2. The highest BCUT2D eigenvalue weighted by Crippen LogP contribution is 2.25. The van der Waals surface area contributed by atoms with E-state index in [-0.39, 0.29) is 18.7 Å². The molecule has 0 aliphatic carbocycles. The van der Waals surface area contributed by atoms with Gasteiger partial charge in [-0.1, -0.05) is 23.8 Å². The highest BCUT2D eigenvalue weighted by Gasteiger charge is 2.26. The van der Waals surface area contributed by atoms with Crippen LogP contribution in [0.1, 0.15) is 42.5 Å². The maximum atomic E-state index is 12.2. The molecule has 138 valence electrons. The van der Waals surface area contributed by atoms with Crippen LogP contribution in [-0.2, 0) is 9.59 Å². The van der Waals surface area contributed by atoms with Crippen molar-refractivity contribution >= 4 is 11.9 Å². The van der Waals surface area contributed by atoms with E-state index in [0.29, 0.717) is 19.1 Å². The molecular formula is C19H29N3O3. The van der Waals surface area contributed by atoms with Crippen LogP contribution in [0.5, 0.6) is 0 Å². The Hall–Kier alpha value is -1.92. The van der Waals surface area contributed by atoms with Crippen LogP contribution in [0.25, 0.3) is 0 Å². The summed E-state index contributed by atoms with van der Waals surface area (Å²) in [7, 11) is 0. The lowest BCUT2D eigenvalue weighted by molar-refractivity contribution is -0.139. The van der Waals surface area contributed by atoms with Crippen LogP contribution < -0.4 is 5.73 Å². The molecule has 1 fully saturated rings. The van der Waals surface area contributed by atoms with Crippen molar-refractivity contribution in [2.75, 3.05) is 26.2 Å². The lowest BCUT2D eigenvalue weighted by Gasteiger charge is -2.38. The standard InChI is InChI=1S/C19H29N3O3/c1-13-4-5-16(14(2)12-13)15(3)21-8-10-22(11-9-21)18(23)7-6-17(20)19(24)25/h4-5,12,15,17H,6-11,20H2,1-3H3,(H,24,25)/t15?,17-/m0/s1. The first-order valence-electron chi connectivity index (χ1n) is 8.87. The van der Waals surface area contributed by atoms with Crippen LogP contribution in [0.15, 0.2) is 18.2 Å². The maximum Gasteiger partial charge on any atom is 0.320 e. The van der Waals surface area contributed by atoms with Crippen molar-refractivity contribution in [3.05, 3.63) is 34.9 Å². The van der Waals surface area contributed by atoms with Crippen LogP contribution in [0.3, 0.4) is 0 Å². The van der Waals surface area contributed by atoms with Gasteiger partial charge in [-0.05, 0) is 38.3 Å². The van der Waals surface area contributed by atoms with Gasteiger partial charge in [-0.15, -0.1) is 0 Å². The number of aliphatic carboxylic acids is 1. The van der Waals surface area contributed by atoms with Gasteiger partial charge in [0, 0.05) is 38.6 Å². The normalized spacial score (nSPS) is 18.0. The molecule has 1 aliphatic rings. The van der Waals surface area contributed by atoms with Crippen molar-refractivity contribution < 1.29 is 14.7 Å². The molecule has 2 rings (SSSR count). The van der Waals surface area contributed by atoms with Gasteiger partial charge in [0.05, 0.1) is 0 Å². The first-order valence-corrected chi connectivity index (χ1v) is 8.87. The summed E-state index contributed by atoms with van der Waals surface area (Å²) in [5.74, 6) is -1.06. The number of hydrogen-bond donors (Lipinski definition) is 2. The molecule has 0 saturated carbocycles. The second-order valence-electron chi connectivity index (χ2n) is 6.94. The van der Waals surface area contributed by atoms with Crippen molar-refractivity contribution in [1.29, 1.82) is 0 Å². The summed E-state index contributed by atoms with van der Waals surface area (Å²) in [6.45, 7) is 9.45. The molecule has 0 radical (unpaired) electrons. The van der Waals surface area contributed by atoms with Gasteiger partial charge in [-0.25, -0.2) is 0 Å². The molecule has 1 unspecified atom stereocenters. The quantitative estimate of drug-likeness (QED) is 0.818. The van der Waals surface area contributed by atoms with E-state index >= 15 is 0 Å². The first kappa shape index (κ1) is 19.4. The van der Waals surface area contributed by atoms with Crippen molar-refractivity contribution in [2.45, 2.75) is 45.7 Å². The van der Waals surface area contributed by atoms with E-state index in [0.717, 1.165) is 13.1 Å². The van der Waals surface area contributed by atoms with Crippen LogP contribution in [0.4, 0.5) is 0 Å². The lowest BCUT2D eigenvalue weighted by Crippen LogP contribution is -2.49. The average molecular weight is 347 g/mol. The third-order valence-corrected chi connectivity index (χ3v) is 5.08. The zero-order chi connectivity index (χ0) is 18.6. The Morgan fingerprint density at radius 1 is 1.20 bits per heavy atom. The number of carbonyl (C=O) groups excluding carboxylic acids is 1. The molecule has 0 aromatic heterocycles. The molecule has 0 spiro atoms. The number of rotatable bonds is 6. The van der Waals surface area contributed by atoms with Gasteiger partial charge < -0.3 is 15.7 Å². The molecule has 1 aromatic carbocycles. The number of hydrogen-bond acceptors (Lipinski definition) is 4. The molecule has 25 heavy (non-hydrogen) atoms. The zero-order valence-corrected chi connectivity index (χ0v) is 15.4. The van der Waals surface area contributed by atoms with Gasteiger partial charge in [0.15, 0.2) is 0 Å². The maximum absolute atomic E-state index is 12.2. The molecular weight excluding hydrogens is 318 g/mol. The summed E-state index contributed by atoms with van der Waals surface area (Å²) in [6.07, 6.45) is 0.382. The SMILES string of the molecule is Cc1ccc(C(C)N2CCN(C(=O)CC[C@H](N)C(=O)O)CC2)c(C)c1. The van der Waals surface area contributed by atoms with Crippen LogP contribution in [0.2, 0.25) is 0 Å². The zero-order valence-electron chi connectivity index (χ0n) is 15.4. The van der Waals surface area contributed by atoms with E-state index in [9.17, 15) is 9.59 Å². The van der Waals surface area contributed by atoms with Crippen molar-refractivity contribution in [2.24, 2.45) is 5.73 Å². The Morgan fingerprint density at radius 2 is 1.84 bits per heavy atom. The number of benzene rings is 1. The fourth-order valence-corrected chi connectivity index (χ4v) is 3.41. The number of amides is 1. The Labute approximate surface area is 149 Å². The first-order chi connectivity index (χ1) is 11.8. The highest BCUT2D eigenvalue weighted by atomic mass is 16.4. The highest BCUT2D eigenvalue weighted by molar-refractivity contribution is 5.78. The second kappa shape index (κ2) is 8.45. The van der Waals surface area contributed by atoms with E-state index in [1.165, 1.54) is 16.7 Å². The summed E-state index contributed by atoms with van der Waals surface area (Å²) >= 11 is 0. The minimum atomic E-state index is -1.06.